The lowest BCUT2D eigenvalue weighted by atomic mass is 9.98. The maximum atomic E-state index is 12.0. The number of rotatable bonds is 4. The summed E-state index contributed by atoms with van der Waals surface area (Å²) in [5.41, 5.74) is 1.28. The number of aryl methyl sites for hydroxylation is 1. The van der Waals surface area contributed by atoms with Crippen LogP contribution in [0.15, 0.2) is 42.5 Å². The third-order valence-electron chi connectivity index (χ3n) is 3.30. The van der Waals surface area contributed by atoms with Crippen molar-refractivity contribution in [1.29, 1.82) is 0 Å². The van der Waals surface area contributed by atoms with Gasteiger partial charge in [0, 0.05) is 12.0 Å². The highest BCUT2D eigenvalue weighted by Gasteiger charge is 2.18. The number of ketones is 1. The Balaban J connectivity index is 2.28. The summed E-state index contributed by atoms with van der Waals surface area (Å²) in [4.78, 5) is 24.0. The van der Waals surface area contributed by atoms with E-state index in [4.69, 9.17) is 4.74 Å². The van der Waals surface area contributed by atoms with Gasteiger partial charge in [-0.15, -0.1) is 0 Å². The van der Waals surface area contributed by atoms with E-state index in [0.717, 1.165) is 0 Å². The fourth-order valence-electron chi connectivity index (χ4n) is 2.03. The highest BCUT2D eigenvalue weighted by molar-refractivity contribution is 6.00. The number of carbonyl (C=O) groups is 2. The van der Waals surface area contributed by atoms with Crippen molar-refractivity contribution < 1.29 is 19.4 Å². The number of carbonyl (C=O) groups excluding carboxylic acids is 2. The number of Topliss-reactive ketones (excluding diaryl/α,β-unsaturated/α-hetero) is 1. The minimum Gasteiger partial charge on any atom is -0.507 e. The van der Waals surface area contributed by atoms with Crippen molar-refractivity contribution in [3.63, 3.8) is 0 Å². The first kappa shape index (κ1) is 15.8. The van der Waals surface area contributed by atoms with Crippen molar-refractivity contribution in [2.45, 2.75) is 20.8 Å². The number of ether oxygens (including phenoxy) is 1. The summed E-state index contributed by atoms with van der Waals surface area (Å²) in [6.45, 7) is 5.26. The van der Waals surface area contributed by atoms with E-state index < -0.39 is 5.97 Å². The SMILES string of the molecule is Cc1cc(C(=O)C(C)C)c(O)cc1OC(=O)c1ccccc1. The van der Waals surface area contributed by atoms with Gasteiger partial charge in [0.15, 0.2) is 5.78 Å². The van der Waals surface area contributed by atoms with Crippen LogP contribution in [0.5, 0.6) is 11.5 Å². The van der Waals surface area contributed by atoms with E-state index in [-0.39, 0.29) is 28.8 Å². The largest absolute Gasteiger partial charge is 0.507 e. The summed E-state index contributed by atoms with van der Waals surface area (Å²) in [5.74, 6) is -0.817. The van der Waals surface area contributed by atoms with Crippen LogP contribution < -0.4 is 4.74 Å². The Labute approximate surface area is 129 Å². The second-order valence-corrected chi connectivity index (χ2v) is 5.41. The van der Waals surface area contributed by atoms with Gasteiger partial charge in [0.2, 0.25) is 0 Å². The van der Waals surface area contributed by atoms with Gasteiger partial charge in [-0.25, -0.2) is 4.79 Å². The molecular weight excluding hydrogens is 280 g/mol. The number of benzene rings is 2. The van der Waals surface area contributed by atoms with Crippen molar-refractivity contribution in [3.8, 4) is 11.5 Å². The van der Waals surface area contributed by atoms with Crippen LogP contribution >= 0.6 is 0 Å². The van der Waals surface area contributed by atoms with Crippen molar-refractivity contribution in [3.05, 3.63) is 59.2 Å². The van der Waals surface area contributed by atoms with Gasteiger partial charge in [0.05, 0.1) is 11.1 Å². The minimum absolute atomic E-state index is 0.151. The molecule has 0 saturated heterocycles. The van der Waals surface area contributed by atoms with E-state index >= 15 is 0 Å². The molecule has 0 spiro atoms. The highest BCUT2D eigenvalue weighted by atomic mass is 16.5. The van der Waals surface area contributed by atoms with Gasteiger partial charge in [-0.05, 0) is 30.7 Å². The molecule has 0 aromatic heterocycles. The van der Waals surface area contributed by atoms with Gasteiger partial charge in [0.1, 0.15) is 11.5 Å². The summed E-state index contributed by atoms with van der Waals surface area (Å²) >= 11 is 0. The normalized spacial score (nSPS) is 10.5. The predicted octanol–water partition coefficient (Wildman–Crippen LogP) is 3.76. The molecule has 22 heavy (non-hydrogen) atoms. The molecule has 0 aliphatic carbocycles. The number of hydrogen-bond acceptors (Lipinski definition) is 4. The average Bonchev–Trinajstić information content (AvgIpc) is 2.50. The molecule has 2 rings (SSSR count). The van der Waals surface area contributed by atoms with Crippen LogP contribution in [0.25, 0.3) is 0 Å². The Morgan fingerprint density at radius 2 is 1.73 bits per heavy atom. The summed E-state index contributed by atoms with van der Waals surface area (Å²) in [7, 11) is 0. The summed E-state index contributed by atoms with van der Waals surface area (Å²) < 4.78 is 5.30. The van der Waals surface area contributed by atoms with Crippen LogP contribution in [0.2, 0.25) is 0 Å². The zero-order chi connectivity index (χ0) is 16.3. The molecular formula is C18H18O4. The van der Waals surface area contributed by atoms with Gasteiger partial charge >= 0.3 is 5.97 Å². The van der Waals surface area contributed by atoms with Crippen LogP contribution in [-0.4, -0.2) is 16.9 Å². The Hall–Kier alpha value is -2.62. The summed E-state index contributed by atoms with van der Waals surface area (Å²) in [6.07, 6.45) is 0. The van der Waals surface area contributed by atoms with Crippen LogP contribution in [0.1, 0.15) is 40.1 Å². The lowest BCUT2D eigenvalue weighted by Gasteiger charge is -2.12. The van der Waals surface area contributed by atoms with Crippen LogP contribution in [0, 0.1) is 12.8 Å². The molecule has 0 unspecified atom stereocenters. The molecule has 1 N–H and O–H groups in total. The van der Waals surface area contributed by atoms with E-state index in [9.17, 15) is 14.7 Å². The van der Waals surface area contributed by atoms with E-state index in [1.165, 1.54) is 6.07 Å². The van der Waals surface area contributed by atoms with Crippen LogP contribution in [0.4, 0.5) is 0 Å². The Bertz CT molecular complexity index is 703. The standard InChI is InChI=1S/C18H18O4/c1-11(2)17(20)14-9-12(3)16(10-15(14)19)22-18(21)13-7-5-4-6-8-13/h4-11,19H,1-3H3. The lowest BCUT2D eigenvalue weighted by Crippen LogP contribution is -2.11. The van der Waals surface area contributed by atoms with E-state index in [2.05, 4.69) is 0 Å². The maximum absolute atomic E-state index is 12.0. The quantitative estimate of drug-likeness (QED) is 0.530. The average molecular weight is 298 g/mol. The maximum Gasteiger partial charge on any atom is 0.343 e. The highest BCUT2D eigenvalue weighted by Crippen LogP contribution is 2.30. The molecule has 0 fully saturated rings. The van der Waals surface area contributed by atoms with Crippen LogP contribution in [-0.2, 0) is 0 Å². The molecule has 2 aromatic carbocycles. The third-order valence-corrected chi connectivity index (χ3v) is 3.30. The fourth-order valence-corrected chi connectivity index (χ4v) is 2.03. The van der Waals surface area contributed by atoms with Gasteiger partial charge < -0.3 is 9.84 Å². The molecule has 0 atom stereocenters. The molecule has 4 nitrogen and oxygen atoms in total. The van der Waals surface area contributed by atoms with Crippen LogP contribution in [0.3, 0.4) is 0 Å². The zero-order valence-electron chi connectivity index (χ0n) is 12.8. The number of esters is 1. The first-order valence-corrected chi connectivity index (χ1v) is 7.05. The Kier molecular flexibility index (Phi) is 4.61. The molecule has 0 heterocycles. The Morgan fingerprint density at radius 1 is 1.09 bits per heavy atom. The molecule has 0 aliphatic heterocycles. The van der Waals surface area contributed by atoms with Gasteiger partial charge in [-0.1, -0.05) is 32.0 Å². The van der Waals surface area contributed by atoms with Gasteiger partial charge in [-0.2, -0.15) is 0 Å². The minimum atomic E-state index is -0.508. The zero-order valence-corrected chi connectivity index (χ0v) is 12.8. The molecule has 2 aromatic rings. The molecule has 0 radical (unpaired) electrons. The first-order chi connectivity index (χ1) is 10.4. The smallest absolute Gasteiger partial charge is 0.343 e. The van der Waals surface area contributed by atoms with E-state index in [1.807, 2.05) is 0 Å². The summed E-state index contributed by atoms with van der Waals surface area (Å²) in [6, 6.07) is 11.4. The molecule has 0 saturated carbocycles. The number of phenols is 1. The van der Waals surface area contributed by atoms with Crippen molar-refractivity contribution in [2.24, 2.45) is 5.92 Å². The number of hydrogen-bond donors (Lipinski definition) is 1. The van der Waals surface area contributed by atoms with Crippen molar-refractivity contribution in [1.82, 2.24) is 0 Å². The predicted molar refractivity (Wildman–Crippen MR) is 83.4 cm³/mol. The van der Waals surface area contributed by atoms with Crippen molar-refractivity contribution >= 4 is 11.8 Å². The van der Waals surface area contributed by atoms with Gasteiger partial charge in [-0.3, -0.25) is 4.79 Å². The molecule has 0 amide bonds. The molecule has 114 valence electrons. The number of phenolic OH excluding ortho intramolecular Hbond substituents is 1. The second kappa shape index (κ2) is 6.43. The fraction of sp³-hybridized carbons (Fsp3) is 0.222. The first-order valence-electron chi connectivity index (χ1n) is 7.05. The van der Waals surface area contributed by atoms with Gasteiger partial charge in [0.25, 0.3) is 0 Å². The third kappa shape index (κ3) is 3.34. The monoisotopic (exact) mass is 298 g/mol. The molecule has 0 bridgehead atoms. The van der Waals surface area contributed by atoms with E-state index in [1.54, 1.807) is 57.2 Å². The summed E-state index contributed by atoms with van der Waals surface area (Å²) in [5, 5.41) is 10.0. The Morgan fingerprint density at radius 3 is 2.32 bits per heavy atom. The molecule has 4 heteroatoms. The second-order valence-electron chi connectivity index (χ2n) is 5.41. The topological polar surface area (TPSA) is 63.6 Å². The molecule has 0 aliphatic rings. The number of aromatic hydroxyl groups is 1. The lowest BCUT2D eigenvalue weighted by molar-refractivity contribution is 0.0733. The van der Waals surface area contributed by atoms with E-state index in [0.29, 0.717) is 11.1 Å². The van der Waals surface area contributed by atoms with Crippen molar-refractivity contribution in [2.75, 3.05) is 0 Å².